The highest BCUT2D eigenvalue weighted by Crippen LogP contribution is 2.19. The molecular weight excluding hydrogens is 312 g/mol. The Balaban J connectivity index is 1.39. The average Bonchev–Trinajstić information content (AvgIpc) is 3.27. The van der Waals surface area contributed by atoms with Crippen molar-refractivity contribution in [3.8, 4) is 0 Å². The zero-order valence-corrected chi connectivity index (χ0v) is 15.2. The molecule has 2 heterocycles. The lowest BCUT2D eigenvalue weighted by Gasteiger charge is -2.20. The maximum Gasteiger partial charge on any atom is 0.191 e. The molecule has 2 aromatic rings. The summed E-state index contributed by atoms with van der Waals surface area (Å²) in [7, 11) is 3.79. The molecule has 0 aliphatic carbocycles. The Morgan fingerprint density at radius 2 is 2.16 bits per heavy atom. The van der Waals surface area contributed by atoms with Gasteiger partial charge in [-0.05, 0) is 37.0 Å². The fraction of sp³-hybridized carbons (Fsp3) is 0.474. The zero-order valence-electron chi connectivity index (χ0n) is 15.2. The highest BCUT2D eigenvalue weighted by atomic mass is 15.2. The third-order valence-electron chi connectivity index (χ3n) is 4.57. The van der Waals surface area contributed by atoms with Gasteiger partial charge in [0.2, 0.25) is 0 Å². The van der Waals surface area contributed by atoms with Crippen LogP contribution in [0, 0.1) is 0 Å². The number of nitrogens with one attached hydrogen (secondary N) is 2. The molecule has 0 amide bonds. The second-order valence-corrected chi connectivity index (χ2v) is 6.54. The van der Waals surface area contributed by atoms with Crippen molar-refractivity contribution >= 4 is 11.6 Å². The standard InChI is InChI=1S/C19H28N6/c1-20-19(21-11-6-7-16-13-22-24(2)14-16)23-17-10-12-25(15-17)18-8-4-3-5-9-18/h3-5,8-9,13-14,17H,6-7,10-12,15H2,1-2H3,(H2,20,21,23). The van der Waals surface area contributed by atoms with E-state index < -0.39 is 0 Å². The summed E-state index contributed by atoms with van der Waals surface area (Å²) in [6, 6.07) is 11.0. The molecule has 1 aliphatic rings. The molecule has 134 valence electrons. The summed E-state index contributed by atoms with van der Waals surface area (Å²) < 4.78 is 1.85. The molecule has 1 aliphatic heterocycles. The van der Waals surface area contributed by atoms with Gasteiger partial charge in [-0.2, -0.15) is 5.10 Å². The van der Waals surface area contributed by atoms with E-state index in [4.69, 9.17) is 0 Å². The molecule has 1 aromatic carbocycles. The quantitative estimate of drug-likeness (QED) is 0.478. The van der Waals surface area contributed by atoms with Gasteiger partial charge in [0.1, 0.15) is 0 Å². The Kier molecular flexibility index (Phi) is 5.93. The van der Waals surface area contributed by atoms with Crippen LogP contribution in [0.4, 0.5) is 5.69 Å². The van der Waals surface area contributed by atoms with Gasteiger partial charge in [0, 0.05) is 51.7 Å². The summed E-state index contributed by atoms with van der Waals surface area (Å²) in [4.78, 5) is 6.78. The third-order valence-corrected chi connectivity index (χ3v) is 4.57. The molecule has 6 heteroatoms. The van der Waals surface area contributed by atoms with E-state index in [-0.39, 0.29) is 0 Å². The van der Waals surface area contributed by atoms with Gasteiger partial charge in [-0.25, -0.2) is 0 Å². The van der Waals surface area contributed by atoms with Crippen molar-refractivity contribution in [1.29, 1.82) is 0 Å². The summed E-state index contributed by atoms with van der Waals surface area (Å²) in [5, 5.41) is 11.2. The Labute approximate surface area is 149 Å². The van der Waals surface area contributed by atoms with E-state index in [1.807, 2.05) is 25.0 Å². The fourth-order valence-electron chi connectivity index (χ4n) is 3.24. The molecule has 0 radical (unpaired) electrons. The highest BCUT2D eigenvalue weighted by Gasteiger charge is 2.23. The second-order valence-electron chi connectivity index (χ2n) is 6.54. The van der Waals surface area contributed by atoms with Crippen molar-refractivity contribution in [2.24, 2.45) is 12.0 Å². The van der Waals surface area contributed by atoms with Crippen LogP contribution >= 0.6 is 0 Å². The van der Waals surface area contributed by atoms with Crippen LogP contribution in [-0.4, -0.2) is 48.5 Å². The number of aromatic nitrogens is 2. The van der Waals surface area contributed by atoms with Crippen molar-refractivity contribution < 1.29 is 0 Å². The van der Waals surface area contributed by atoms with Gasteiger partial charge >= 0.3 is 0 Å². The van der Waals surface area contributed by atoms with E-state index in [2.05, 4.69) is 62.2 Å². The Morgan fingerprint density at radius 1 is 1.32 bits per heavy atom. The summed E-state index contributed by atoms with van der Waals surface area (Å²) in [5.74, 6) is 0.895. The SMILES string of the molecule is CN=C(NCCCc1cnn(C)c1)NC1CCN(c2ccccc2)C1. The van der Waals surface area contributed by atoms with Crippen LogP contribution in [0.15, 0.2) is 47.7 Å². The maximum absolute atomic E-state index is 4.36. The van der Waals surface area contributed by atoms with Crippen molar-refractivity contribution in [2.45, 2.75) is 25.3 Å². The number of guanidine groups is 1. The van der Waals surface area contributed by atoms with E-state index in [1.54, 1.807) is 0 Å². The lowest BCUT2D eigenvalue weighted by Crippen LogP contribution is -2.44. The molecule has 1 fully saturated rings. The Bertz CT molecular complexity index is 678. The number of para-hydroxylation sites is 1. The number of aryl methyl sites for hydroxylation is 2. The topological polar surface area (TPSA) is 57.5 Å². The van der Waals surface area contributed by atoms with Crippen LogP contribution in [0.3, 0.4) is 0 Å². The lowest BCUT2D eigenvalue weighted by atomic mass is 10.2. The first-order valence-electron chi connectivity index (χ1n) is 8.99. The fourth-order valence-corrected chi connectivity index (χ4v) is 3.24. The molecule has 6 nitrogen and oxygen atoms in total. The van der Waals surface area contributed by atoms with Crippen LogP contribution in [0.1, 0.15) is 18.4 Å². The molecule has 0 spiro atoms. The van der Waals surface area contributed by atoms with E-state index in [9.17, 15) is 0 Å². The minimum Gasteiger partial charge on any atom is -0.369 e. The molecule has 0 saturated carbocycles. The molecule has 1 atom stereocenters. The zero-order chi connectivity index (χ0) is 17.5. The summed E-state index contributed by atoms with van der Waals surface area (Å²) in [6.07, 6.45) is 7.23. The molecule has 25 heavy (non-hydrogen) atoms. The molecule has 0 bridgehead atoms. The smallest absolute Gasteiger partial charge is 0.191 e. The second kappa shape index (κ2) is 8.55. The van der Waals surface area contributed by atoms with Gasteiger partial charge < -0.3 is 15.5 Å². The predicted molar refractivity (Wildman–Crippen MR) is 103 cm³/mol. The number of nitrogens with zero attached hydrogens (tertiary/aromatic N) is 4. The monoisotopic (exact) mass is 340 g/mol. The predicted octanol–water partition coefficient (Wildman–Crippen LogP) is 1.80. The average molecular weight is 340 g/mol. The van der Waals surface area contributed by atoms with Crippen LogP contribution in [0.25, 0.3) is 0 Å². The van der Waals surface area contributed by atoms with Crippen LogP contribution in [0.5, 0.6) is 0 Å². The minimum atomic E-state index is 0.435. The van der Waals surface area contributed by atoms with E-state index in [0.717, 1.165) is 44.9 Å². The van der Waals surface area contributed by atoms with E-state index >= 15 is 0 Å². The van der Waals surface area contributed by atoms with Gasteiger partial charge in [0.15, 0.2) is 5.96 Å². The summed E-state index contributed by atoms with van der Waals surface area (Å²) in [6.45, 7) is 3.00. The largest absolute Gasteiger partial charge is 0.369 e. The van der Waals surface area contributed by atoms with Crippen molar-refractivity contribution in [2.75, 3.05) is 31.6 Å². The van der Waals surface area contributed by atoms with Crippen LogP contribution < -0.4 is 15.5 Å². The number of hydrogen-bond acceptors (Lipinski definition) is 3. The van der Waals surface area contributed by atoms with Crippen LogP contribution in [0.2, 0.25) is 0 Å². The third kappa shape index (κ3) is 4.98. The van der Waals surface area contributed by atoms with Crippen molar-refractivity contribution in [3.63, 3.8) is 0 Å². The first-order valence-corrected chi connectivity index (χ1v) is 8.99. The van der Waals surface area contributed by atoms with Crippen molar-refractivity contribution in [1.82, 2.24) is 20.4 Å². The molecule has 1 aromatic heterocycles. The molecule has 2 N–H and O–H groups in total. The lowest BCUT2D eigenvalue weighted by molar-refractivity contribution is 0.643. The highest BCUT2D eigenvalue weighted by molar-refractivity contribution is 5.80. The Hall–Kier alpha value is -2.50. The summed E-state index contributed by atoms with van der Waals surface area (Å²) in [5.41, 5.74) is 2.58. The molecule has 1 unspecified atom stereocenters. The van der Waals surface area contributed by atoms with E-state index in [0.29, 0.717) is 6.04 Å². The number of rotatable bonds is 6. The molecule has 3 rings (SSSR count). The van der Waals surface area contributed by atoms with Gasteiger partial charge in [0.25, 0.3) is 0 Å². The minimum absolute atomic E-state index is 0.435. The number of anilines is 1. The van der Waals surface area contributed by atoms with Gasteiger partial charge in [0.05, 0.1) is 6.20 Å². The maximum atomic E-state index is 4.36. The normalized spacial score (nSPS) is 17.8. The van der Waals surface area contributed by atoms with Gasteiger partial charge in [-0.15, -0.1) is 0 Å². The van der Waals surface area contributed by atoms with E-state index in [1.165, 1.54) is 11.3 Å². The van der Waals surface area contributed by atoms with Crippen LogP contribution in [-0.2, 0) is 13.5 Å². The van der Waals surface area contributed by atoms with Crippen molar-refractivity contribution in [3.05, 3.63) is 48.3 Å². The number of hydrogen-bond donors (Lipinski definition) is 2. The number of aliphatic imine (C=N–C) groups is 1. The first kappa shape index (κ1) is 17.3. The van der Waals surface area contributed by atoms with Gasteiger partial charge in [-0.1, -0.05) is 18.2 Å². The Morgan fingerprint density at radius 3 is 2.88 bits per heavy atom. The van der Waals surface area contributed by atoms with Gasteiger partial charge in [-0.3, -0.25) is 9.67 Å². The summed E-state index contributed by atoms with van der Waals surface area (Å²) >= 11 is 0. The first-order chi connectivity index (χ1) is 12.2. The molecule has 1 saturated heterocycles. The number of benzene rings is 1. The molecular formula is C19H28N6.